The first kappa shape index (κ1) is 39.9. The van der Waals surface area contributed by atoms with E-state index in [1.165, 1.54) is 115 Å². The number of aryl methyl sites for hydroxylation is 2. The minimum atomic E-state index is 0.867. The molecule has 0 N–H and O–H groups in total. The van der Waals surface area contributed by atoms with Gasteiger partial charge in [0.05, 0.1) is 5.57 Å². The summed E-state index contributed by atoms with van der Waals surface area (Å²) in [6.45, 7) is 13.4. The molecule has 248 valence electrons. The fraction of sp³-hybridized carbons (Fsp3) is 0.610. The fourth-order valence-electron chi connectivity index (χ4n) is 5.36. The molecule has 0 spiro atoms. The van der Waals surface area contributed by atoms with Crippen molar-refractivity contribution in [3.63, 3.8) is 0 Å². The number of unbranched alkanes of at least 4 members (excludes halogenated alkanes) is 9. The third-order valence-electron chi connectivity index (χ3n) is 8.07. The summed E-state index contributed by atoms with van der Waals surface area (Å²) in [6, 6.07) is 17.9. The largest absolute Gasteiger partial charge is 0.348 e. The van der Waals surface area contributed by atoms with E-state index >= 15 is 0 Å². The minimum Gasteiger partial charge on any atom is -0.348 e. The van der Waals surface area contributed by atoms with E-state index in [0.717, 1.165) is 44.1 Å². The van der Waals surface area contributed by atoms with E-state index in [1.54, 1.807) is 0 Å². The van der Waals surface area contributed by atoms with Crippen LogP contribution in [-0.2, 0) is 27.3 Å². The number of rotatable bonds is 22. The fourth-order valence-corrected chi connectivity index (χ4v) is 6.59. The number of hydrogen-bond acceptors (Lipinski definition) is 0. The SMILES string of the molecule is CCCCC[CH2][Ni][CH2]CCCCC.CCCCCc1ccc(C(=C(CC)C(=C=[N+]=[N-])CCCC)c2cccc(CC)c2)cc1. The van der Waals surface area contributed by atoms with Crippen molar-refractivity contribution in [2.45, 2.75) is 161 Å². The van der Waals surface area contributed by atoms with Crippen LogP contribution in [0.2, 0.25) is 10.8 Å². The Balaban J connectivity index is 0.000000627. The Morgan fingerprint density at radius 1 is 0.659 bits per heavy atom. The molecule has 44 heavy (non-hydrogen) atoms. The molecule has 2 aromatic rings. The van der Waals surface area contributed by atoms with Crippen molar-refractivity contribution in [2.24, 2.45) is 0 Å². The van der Waals surface area contributed by atoms with Gasteiger partial charge in [0.15, 0.2) is 0 Å². The van der Waals surface area contributed by atoms with Crippen LogP contribution < -0.4 is 0 Å². The van der Waals surface area contributed by atoms with Crippen molar-refractivity contribution in [1.82, 2.24) is 0 Å². The smallest absolute Gasteiger partial charge is 0.303 e. The molecular weight excluding hydrogens is 579 g/mol. The van der Waals surface area contributed by atoms with E-state index in [9.17, 15) is 5.53 Å². The van der Waals surface area contributed by atoms with Crippen molar-refractivity contribution in [3.8, 4) is 0 Å². The van der Waals surface area contributed by atoms with Crippen molar-refractivity contribution in [1.29, 1.82) is 0 Å². The topological polar surface area (TPSA) is 36.4 Å². The maximum atomic E-state index is 9.30. The van der Waals surface area contributed by atoms with Gasteiger partial charge in [0.2, 0.25) is 0 Å². The molecule has 0 bridgehead atoms. The second-order valence-electron chi connectivity index (χ2n) is 11.8. The van der Waals surface area contributed by atoms with Gasteiger partial charge in [0.1, 0.15) is 0 Å². The second-order valence-corrected chi connectivity index (χ2v) is 13.3. The molecule has 0 amide bonds. The Kier molecular flexibility index (Phi) is 24.6. The predicted molar refractivity (Wildman–Crippen MR) is 191 cm³/mol. The van der Waals surface area contributed by atoms with Gasteiger partial charge in [-0.2, -0.15) is 0 Å². The van der Waals surface area contributed by atoms with Gasteiger partial charge in [-0.1, -0.05) is 95.5 Å². The number of allylic oxidation sites excluding steroid dienone is 2. The van der Waals surface area contributed by atoms with E-state index < -0.39 is 0 Å². The van der Waals surface area contributed by atoms with E-state index in [0.29, 0.717) is 0 Å². The number of nitrogens with zero attached hydrogens (tertiary/aromatic N) is 2. The van der Waals surface area contributed by atoms with E-state index in [-0.39, 0.29) is 0 Å². The van der Waals surface area contributed by atoms with Crippen LogP contribution in [-0.4, -0.2) is 10.7 Å². The zero-order valence-electron chi connectivity index (χ0n) is 29.3. The maximum Gasteiger partial charge on any atom is 0.303 e. The third-order valence-corrected chi connectivity index (χ3v) is 9.47. The summed E-state index contributed by atoms with van der Waals surface area (Å²) in [5.41, 5.74) is 17.9. The molecule has 0 aliphatic carbocycles. The summed E-state index contributed by atoms with van der Waals surface area (Å²) in [5, 5.41) is 2.83. The molecule has 0 unspecified atom stereocenters. The van der Waals surface area contributed by atoms with Crippen LogP contribution in [0, 0.1) is 0 Å². The van der Waals surface area contributed by atoms with Crippen LogP contribution in [0.1, 0.15) is 160 Å². The van der Waals surface area contributed by atoms with Gasteiger partial charge >= 0.3 is 96.3 Å². The van der Waals surface area contributed by atoms with Crippen LogP contribution >= 0.6 is 0 Å². The number of benzene rings is 2. The Bertz CT molecular complexity index is 1110. The summed E-state index contributed by atoms with van der Waals surface area (Å²) in [6.07, 6.45) is 21.2. The first-order chi connectivity index (χ1) is 21.6. The molecule has 2 nitrogen and oxygen atoms in total. The molecule has 0 fully saturated rings. The molecular formula is C41H64N2Ni. The molecule has 0 aliphatic heterocycles. The summed E-state index contributed by atoms with van der Waals surface area (Å²) < 4.78 is 0. The molecule has 0 radical (unpaired) electrons. The molecule has 0 aliphatic rings. The van der Waals surface area contributed by atoms with Gasteiger partial charge in [-0.15, -0.1) is 4.79 Å². The summed E-state index contributed by atoms with van der Waals surface area (Å²) >= 11 is 1.99. The van der Waals surface area contributed by atoms with Gasteiger partial charge in [-0.3, -0.25) is 0 Å². The van der Waals surface area contributed by atoms with Gasteiger partial charge in [-0.25, -0.2) is 0 Å². The quantitative estimate of drug-likeness (QED) is 0.0306. The molecule has 0 atom stereocenters. The monoisotopic (exact) mass is 642 g/mol. The van der Waals surface area contributed by atoms with Crippen LogP contribution in [0.5, 0.6) is 0 Å². The zero-order chi connectivity index (χ0) is 32.3. The van der Waals surface area contributed by atoms with Crippen LogP contribution in [0.25, 0.3) is 11.1 Å². The second kappa shape index (κ2) is 27.2. The Hall–Kier alpha value is -2.17. The predicted octanol–water partition coefficient (Wildman–Crippen LogP) is 13.3. The Morgan fingerprint density at radius 2 is 1.27 bits per heavy atom. The molecule has 0 saturated heterocycles. The van der Waals surface area contributed by atoms with Gasteiger partial charge in [0, 0.05) is 0 Å². The Morgan fingerprint density at radius 3 is 1.82 bits per heavy atom. The molecule has 0 saturated carbocycles. The minimum absolute atomic E-state index is 0.867. The third kappa shape index (κ3) is 16.8. The molecule has 2 rings (SSSR count). The molecule has 3 heteroatoms. The van der Waals surface area contributed by atoms with Crippen LogP contribution in [0.4, 0.5) is 0 Å². The summed E-state index contributed by atoms with van der Waals surface area (Å²) in [4.78, 5) is 3.30. The van der Waals surface area contributed by atoms with Crippen LogP contribution in [0.15, 0.2) is 59.7 Å². The van der Waals surface area contributed by atoms with E-state index in [2.05, 4.69) is 101 Å². The Labute approximate surface area is 278 Å². The van der Waals surface area contributed by atoms with Crippen molar-refractivity contribution >= 4 is 11.4 Å². The molecule has 2 aromatic carbocycles. The van der Waals surface area contributed by atoms with Crippen LogP contribution in [0.3, 0.4) is 0 Å². The number of hydrogen-bond donors (Lipinski definition) is 0. The summed E-state index contributed by atoms with van der Waals surface area (Å²) in [5.74, 6) is 2.90. The molecule has 0 aromatic heterocycles. The summed E-state index contributed by atoms with van der Waals surface area (Å²) in [7, 11) is 0. The zero-order valence-corrected chi connectivity index (χ0v) is 30.3. The van der Waals surface area contributed by atoms with E-state index in [4.69, 9.17) is 0 Å². The van der Waals surface area contributed by atoms with Crippen molar-refractivity contribution < 1.29 is 19.2 Å². The van der Waals surface area contributed by atoms with Crippen molar-refractivity contribution in [3.05, 3.63) is 87.5 Å². The van der Waals surface area contributed by atoms with E-state index in [1.807, 2.05) is 14.4 Å². The average Bonchev–Trinajstić information content (AvgIpc) is 3.06. The van der Waals surface area contributed by atoms with Crippen molar-refractivity contribution in [2.75, 3.05) is 0 Å². The average molecular weight is 644 g/mol. The van der Waals surface area contributed by atoms with Gasteiger partial charge < -0.3 is 5.53 Å². The standard InChI is InChI=1S/C29H38N2.2C6H13.Ni/c1-5-9-11-13-24-17-19-25(20-18-24)29(26-16-12-14-23(7-3)21-26)28(8-4)27(22-31-30)15-10-6-2;2*1-3-5-6-4-2;/h12,14,16-21H,5-11,13,15H2,1-4H3;2*1,3-6H2,2H3;. The molecule has 0 heterocycles. The first-order valence-electron chi connectivity index (χ1n) is 17.9. The maximum absolute atomic E-state index is 9.30. The van der Waals surface area contributed by atoms with Gasteiger partial charge in [0.25, 0.3) is 0 Å². The normalized spacial score (nSPS) is 11.3. The van der Waals surface area contributed by atoms with Gasteiger partial charge in [-0.05, 0) is 71.9 Å². The first-order valence-corrected chi connectivity index (χ1v) is 19.3.